The van der Waals surface area contributed by atoms with E-state index in [9.17, 15) is 9.59 Å². The maximum absolute atomic E-state index is 12.8. The topological polar surface area (TPSA) is 91.0 Å². The van der Waals surface area contributed by atoms with Gasteiger partial charge in [-0.25, -0.2) is 9.97 Å². The zero-order valence-corrected chi connectivity index (χ0v) is 17.2. The average Bonchev–Trinajstić information content (AvgIpc) is 3.09. The third-order valence-corrected chi connectivity index (χ3v) is 5.31. The first-order valence-corrected chi connectivity index (χ1v) is 10.2. The minimum atomic E-state index is -0.282. The quantitative estimate of drug-likeness (QED) is 0.660. The number of rotatable bonds is 6. The Balaban J connectivity index is 1.41. The summed E-state index contributed by atoms with van der Waals surface area (Å²) in [5.74, 6) is 1.21. The number of hydrogen-bond donors (Lipinski definition) is 2. The van der Waals surface area contributed by atoms with Gasteiger partial charge in [-0.05, 0) is 37.5 Å². The van der Waals surface area contributed by atoms with Gasteiger partial charge in [-0.2, -0.15) is 0 Å². The number of anilines is 1. The van der Waals surface area contributed by atoms with E-state index in [-0.39, 0.29) is 17.5 Å². The van der Waals surface area contributed by atoms with E-state index in [1.165, 1.54) is 11.6 Å². The van der Waals surface area contributed by atoms with Crippen molar-refractivity contribution < 1.29 is 4.79 Å². The highest BCUT2D eigenvalue weighted by Crippen LogP contribution is 2.20. The summed E-state index contributed by atoms with van der Waals surface area (Å²) in [5, 5.41) is 3.23. The van der Waals surface area contributed by atoms with Crippen LogP contribution in [0, 0.1) is 6.92 Å². The second kappa shape index (κ2) is 8.49. The lowest BCUT2D eigenvalue weighted by Crippen LogP contribution is -2.33. The summed E-state index contributed by atoms with van der Waals surface area (Å²) in [7, 11) is 0. The predicted molar refractivity (Wildman–Crippen MR) is 116 cm³/mol. The van der Waals surface area contributed by atoms with E-state index < -0.39 is 0 Å². The van der Waals surface area contributed by atoms with Crippen LogP contribution in [0.3, 0.4) is 0 Å². The Kier molecular flexibility index (Phi) is 5.61. The molecule has 0 radical (unpaired) electrons. The first-order chi connectivity index (χ1) is 14.5. The van der Waals surface area contributed by atoms with Crippen LogP contribution >= 0.6 is 0 Å². The van der Waals surface area contributed by atoms with Crippen molar-refractivity contribution in [1.82, 2.24) is 19.9 Å². The number of H-pyrrole nitrogens is 1. The van der Waals surface area contributed by atoms with E-state index in [2.05, 4.69) is 51.5 Å². The Bertz CT molecular complexity index is 1090. The Labute approximate surface area is 175 Å². The van der Waals surface area contributed by atoms with Crippen molar-refractivity contribution in [2.24, 2.45) is 0 Å². The molecular weight excluding hydrogens is 378 g/mol. The molecule has 0 saturated carbocycles. The van der Waals surface area contributed by atoms with E-state index in [1.807, 2.05) is 24.0 Å². The second-order valence-corrected chi connectivity index (χ2v) is 7.60. The number of aromatic amines is 1. The number of carbonyl (C=O) groups excluding carboxylic acids is 1. The molecule has 154 valence electrons. The van der Waals surface area contributed by atoms with Crippen LogP contribution in [0.4, 0.5) is 5.82 Å². The van der Waals surface area contributed by atoms with Gasteiger partial charge in [-0.3, -0.25) is 9.59 Å². The Morgan fingerprint density at radius 1 is 1.17 bits per heavy atom. The van der Waals surface area contributed by atoms with Gasteiger partial charge in [0.15, 0.2) is 0 Å². The number of nitrogens with zero attached hydrogens (tertiary/aromatic N) is 3. The van der Waals surface area contributed by atoms with E-state index >= 15 is 0 Å². The van der Waals surface area contributed by atoms with Gasteiger partial charge in [0.1, 0.15) is 17.7 Å². The molecule has 2 N–H and O–H groups in total. The maximum atomic E-state index is 12.8. The molecule has 0 bridgehead atoms. The van der Waals surface area contributed by atoms with Gasteiger partial charge in [-0.1, -0.05) is 36.8 Å². The summed E-state index contributed by atoms with van der Waals surface area (Å²) >= 11 is 0. The Morgan fingerprint density at radius 2 is 1.97 bits per heavy atom. The largest absolute Gasteiger partial charge is 0.358 e. The number of aryl methyl sites for hydroxylation is 2. The number of hydrogen-bond acceptors (Lipinski definition) is 5. The molecule has 1 unspecified atom stereocenters. The molecule has 3 aromatic rings. The molecule has 0 aliphatic carbocycles. The molecule has 0 spiro atoms. The number of pyridine rings is 1. The van der Waals surface area contributed by atoms with Crippen LogP contribution in [-0.4, -0.2) is 38.3 Å². The first kappa shape index (κ1) is 19.8. The Morgan fingerprint density at radius 3 is 2.67 bits per heavy atom. The first-order valence-electron chi connectivity index (χ1n) is 10.2. The molecule has 2 aromatic heterocycles. The van der Waals surface area contributed by atoms with Crippen molar-refractivity contribution in [3.63, 3.8) is 0 Å². The number of likely N-dealkylation sites (tertiary alicyclic amines) is 1. The molecule has 1 amide bonds. The van der Waals surface area contributed by atoms with Crippen molar-refractivity contribution in [2.75, 3.05) is 11.9 Å². The fraction of sp³-hybridized carbons (Fsp3) is 0.304. The highest BCUT2D eigenvalue weighted by Gasteiger charge is 2.31. The summed E-state index contributed by atoms with van der Waals surface area (Å²) < 4.78 is 0. The highest BCUT2D eigenvalue weighted by molar-refractivity contribution is 5.86. The van der Waals surface area contributed by atoms with Gasteiger partial charge in [0.05, 0.1) is 0 Å². The molecule has 7 heteroatoms. The van der Waals surface area contributed by atoms with E-state index in [1.54, 1.807) is 6.20 Å². The molecule has 1 saturated heterocycles. The van der Waals surface area contributed by atoms with Crippen LogP contribution in [0.2, 0.25) is 0 Å². The van der Waals surface area contributed by atoms with E-state index in [0.717, 1.165) is 29.8 Å². The van der Waals surface area contributed by atoms with E-state index in [4.69, 9.17) is 0 Å². The maximum Gasteiger partial charge on any atom is 0.251 e. The number of benzene rings is 1. The Hall–Kier alpha value is -3.48. The third-order valence-electron chi connectivity index (χ3n) is 5.31. The number of carbonyl (C=O) groups is 1. The fourth-order valence-corrected chi connectivity index (χ4v) is 3.57. The van der Waals surface area contributed by atoms with Crippen LogP contribution in [0.15, 0.2) is 53.5 Å². The predicted octanol–water partition coefficient (Wildman–Crippen LogP) is 2.92. The summed E-state index contributed by atoms with van der Waals surface area (Å²) in [5.41, 5.74) is 3.63. The zero-order valence-electron chi connectivity index (χ0n) is 17.2. The van der Waals surface area contributed by atoms with Crippen LogP contribution in [0.5, 0.6) is 0 Å². The number of amides is 1. The summed E-state index contributed by atoms with van der Waals surface area (Å²) in [4.78, 5) is 38.0. The van der Waals surface area contributed by atoms with E-state index in [0.29, 0.717) is 24.6 Å². The van der Waals surface area contributed by atoms with Crippen molar-refractivity contribution >= 4 is 11.7 Å². The van der Waals surface area contributed by atoms with Gasteiger partial charge >= 0.3 is 0 Å². The molecule has 30 heavy (non-hydrogen) atoms. The molecule has 4 rings (SSSR count). The average molecular weight is 403 g/mol. The lowest BCUT2D eigenvalue weighted by Gasteiger charge is -2.17. The molecule has 3 heterocycles. The van der Waals surface area contributed by atoms with Crippen molar-refractivity contribution in [3.8, 4) is 11.4 Å². The molecule has 1 aliphatic rings. The minimum absolute atomic E-state index is 0.0862. The normalized spacial score (nSPS) is 16.1. The molecule has 1 atom stereocenters. The minimum Gasteiger partial charge on any atom is -0.358 e. The lowest BCUT2D eigenvalue weighted by molar-refractivity contribution is -0.128. The molecule has 7 nitrogen and oxygen atoms in total. The van der Waals surface area contributed by atoms with Gasteiger partial charge in [-0.15, -0.1) is 0 Å². The van der Waals surface area contributed by atoms with Crippen LogP contribution in [-0.2, 0) is 17.8 Å². The summed E-state index contributed by atoms with van der Waals surface area (Å²) in [6.45, 7) is 5.35. The van der Waals surface area contributed by atoms with Gasteiger partial charge in [0.2, 0.25) is 5.91 Å². The summed E-state index contributed by atoms with van der Waals surface area (Å²) in [6.07, 6.45) is 3.08. The molecule has 1 fully saturated rings. The third kappa shape index (κ3) is 4.40. The molecular formula is C23H25N5O2. The fourth-order valence-electron chi connectivity index (χ4n) is 3.57. The van der Waals surface area contributed by atoms with Gasteiger partial charge < -0.3 is 15.2 Å². The van der Waals surface area contributed by atoms with Crippen LogP contribution in [0.25, 0.3) is 11.4 Å². The van der Waals surface area contributed by atoms with Gasteiger partial charge in [0.25, 0.3) is 5.56 Å². The lowest BCUT2D eigenvalue weighted by atomic mass is 10.1. The monoisotopic (exact) mass is 403 g/mol. The standard InChI is InChI=1S/C23H25N5O2/c1-3-18-12-21(29)27-22(25-18)17-8-9-20(24-13-17)26-19-10-11-28(23(19)30)14-16-6-4-15(2)5-7-16/h4-9,12-13,19H,3,10-11,14H2,1-2H3,(H,24,26)(H,25,27,29). The highest BCUT2D eigenvalue weighted by atomic mass is 16.2. The van der Waals surface area contributed by atoms with Crippen molar-refractivity contribution in [3.05, 3.63) is 75.8 Å². The SMILES string of the molecule is CCc1cc(=O)[nH]c(-c2ccc(NC3CCN(Cc4ccc(C)cc4)C3=O)nc2)n1. The zero-order chi connectivity index (χ0) is 21.1. The summed E-state index contributed by atoms with van der Waals surface area (Å²) in [6, 6.07) is 13.1. The molecule has 1 aromatic carbocycles. The van der Waals surface area contributed by atoms with Crippen molar-refractivity contribution in [2.45, 2.75) is 39.3 Å². The number of nitrogens with one attached hydrogen (secondary N) is 2. The number of aromatic nitrogens is 3. The smallest absolute Gasteiger partial charge is 0.251 e. The molecule has 1 aliphatic heterocycles. The van der Waals surface area contributed by atoms with Crippen LogP contribution < -0.4 is 10.9 Å². The van der Waals surface area contributed by atoms with Gasteiger partial charge in [0, 0.05) is 36.6 Å². The van der Waals surface area contributed by atoms with Crippen LogP contribution in [0.1, 0.15) is 30.2 Å². The van der Waals surface area contributed by atoms with Crippen molar-refractivity contribution in [1.29, 1.82) is 0 Å². The second-order valence-electron chi connectivity index (χ2n) is 7.60.